The Morgan fingerprint density at radius 1 is 1.37 bits per heavy atom. The van der Waals surface area contributed by atoms with E-state index in [1.165, 1.54) is 12.8 Å². The molecule has 1 aliphatic rings. The molecule has 0 amide bonds. The van der Waals surface area contributed by atoms with Gasteiger partial charge in [0, 0.05) is 26.2 Å². The number of β-amino-alcohol motifs (C(OH)–C–C–N with tert-alkyl or cyclic N) is 1. The SMILES string of the molecule is COCC(C)OCC(O)CN1CCCC1CN(C)C. The third kappa shape index (κ3) is 6.68. The van der Waals surface area contributed by atoms with E-state index in [0.29, 0.717) is 25.8 Å². The molecule has 1 N–H and O–H groups in total. The number of methoxy groups -OCH3 is 1. The van der Waals surface area contributed by atoms with Crippen molar-refractivity contribution in [3.63, 3.8) is 0 Å². The van der Waals surface area contributed by atoms with Crippen molar-refractivity contribution in [2.45, 2.75) is 38.0 Å². The van der Waals surface area contributed by atoms with E-state index in [4.69, 9.17) is 9.47 Å². The number of rotatable bonds is 9. The topological polar surface area (TPSA) is 45.2 Å². The largest absolute Gasteiger partial charge is 0.389 e. The molecule has 0 aromatic rings. The third-order valence-electron chi connectivity index (χ3n) is 3.49. The molecule has 0 aliphatic carbocycles. The Bertz CT molecular complexity index is 239. The van der Waals surface area contributed by atoms with Gasteiger partial charge in [-0.2, -0.15) is 0 Å². The summed E-state index contributed by atoms with van der Waals surface area (Å²) in [4.78, 5) is 4.60. The van der Waals surface area contributed by atoms with Crippen LogP contribution in [0.5, 0.6) is 0 Å². The second-order valence-corrected chi connectivity index (χ2v) is 5.81. The molecule has 3 unspecified atom stereocenters. The Labute approximate surface area is 117 Å². The average molecular weight is 274 g/mol. The molecule has 0 aromatic heterocycles. The number of likely N-dealkylation sites (N-methyl/N-ethyl adjacent to an activating group) is 1. The van der Waals surface area contributed by atoms with E-state index in [1.54, 1.807) is 7.11 Å². The fourth-order valence-corrected chi connectivity index (χ4v) is 2.65. The third-order valence-corrected chi connectivity index (χ3v) is 3.49. The van der Waals surface area contributed by atoms with Crippen LogP contribution in [0.1, 0.15) is 19.8 Å². The highest BCUT2D eigenvalue weighted by molar-refractivity contribution is 4.82. The molecule has 19 heavy (non-hydrogen) atoms. The summed E-state index contributed by atoms with van der Waals surface area (Å²) in [6, 6.07) is 0.570. The molecule has 1 saturated heterocycles. The minimum absolute atomic E-state index is 0.0378. The molecule has 1 aliphatic heterocycles. The normalized spacial score (nSPS) is 24.0. The van der Waals surface area contributed by atoms with Gasteiger partial charge in [0.15, 0.2) is 0 Å². The minimum Gasteiger partial charge on any atom is -0.389 e. The molecule has 0 radical (unpaired) electrons. The minimum atomic E-state index is -0.415. The number of nitrogens with zero attached hydrogens (tertiary/aromatic N) is 2. The molecule has 1 heterocycles. The summed E-state index contributed by atoms with van der Waals surface area (Å²) in [5.41, 5.74) is 0. The zero-order valence-electron chi connectivity index (χ0n) is 12.8. The van der Waals surface area contributed by atoms with Gasteiger partial charge < -0.3 is 19.5 Å². The molecule has 0 saturated carbocycles. The van der Waals surface area contributed by atoms with Gasteiger partial charge in [-0.15, -0.1) is 0 Å². The first-order valence-corrected chi connectivity index (χ1v) is 7.20. The predicted molar refractivity (Wildman–Crippen MR) is 76.4 cm³/mol. The number of aliphatic hydroxyl groups excluding tert-OH is 1. The average Bonchev–Trinajstić information content (AvgIpc) is 2.73. The van der Waals surface area contributed by atoms with Gasteiger partial charge in [-0.25, -0.2) is 0 Å². The van der Waals surface area contributed by atoms with Crippen molar-refractivity contribution in [2.24, 2.45) is 0 Å². The lowest BCUT2D eigenvalue weighted by Crippen LogP contribution is -2.42. The standard InChI is InChI=1S/C14H30N2O3/c1-12(10-18-4)19-11-14(17)9-16-7-5-6-13(16)8-15(2)3/h12-14,17H,5-11H2,1-4H3. The summed E-state index contributed by atoms with van der Waals surface area (Å²) in [5, 5.41) is 10.1. The van der Waals surface area contributed by atoms with Crippen molar-refractivity contribution in [3.05, 3.63) is 0 Å². The maximum atomic E-state index is 10.1. The second-order valence-electron chi connectivity index (χ2n) is 5.81. The van der Waals surface area contributed by atoms with Gasteiger partial charge >= 0.3 is 0 Å². The van der Waals surface area contributed by atoms with E-state index in [0.717, 1.165) is 13.1 Å². The van der Waals surface area contributed by atoms with Crippen molar-refractivity contribution >= 4 is 0 Å². The molecule has 1 rings (SSSR count). The van der Waals surface area contributed by atoms with Gasteiger partial charge in [0.25, 0.3) is 0 Å². The first kappa shape index (κ1) is 16.9. The zero-order chi connectivity index (χ0) is 14.3. The molecule has 0 bridgehead atoms. The maximum Gasteiger partial charge on any atom is 0.0900 e. The lowest BCUT2D eigenvalue weighted by Gasteiger charge is -2.29. The molecule has 1 fully saturated rings. The number of hydrogen-bond acceptors (Lipinski definition) is 5. The highest BCUT2D eigenvalue weighted by atomic mass is 16.5. The van der Waals surface area contributed by atoms with Gasteiger partial charge in [-0.1, -0.05) is 0 Å². The van der Waals surface area contributed by atoms with E-state index in [-0.39, 0.29) is 6.10 Å². The van der Waals surface area contributed by atoms with E-state index < -0.39 is 6.10 Å². The molecule has 114 valence electrons. The maximum absolute atomic E-state index is 10.1. The lowest BCUT2D eigenvalue weighted by molar-refractivity contribution is -0.0410. The molecular weight excluding hydrogens is 244 g/mol. The van der Waals surface area contributed by atoms with Crippen LogP contribution in [-0.2, 0) is 9.47 Å². The van der Waals surface area contributed by atoms with Crippen LogP contribution in [0.2, 0.25) is 0 Å². The van der Waals surface area contributed by atoms with Crippen LogP contribution in [0.15, 0.2) is 0 Å². The molecule has 5 nitrogen and oxygen atoms in total. The van der Waals surface area contributed by atoms with E-state index in [2.05, 4.69) is 23.9 Å². The molecule has 3 atom stereocenters. The van der Waals surface area contributed by atoms with Crippen molar-refractivity contribution in [1.29, 1.82) is 0 Å². The smallest absolute Gasteiger partial charge is 0.0900 e. The van der Waals surface area contributed by atoms with Crippen LogP contribution in [0.3, 0.4) is 0 Å². The van der Waals surface area contributed by atoms with Crippen LogP contribution in [0.25, 0.3) is 0 Å². The number of ether oxygens (including phenoxy) is 2. The molecule has 0 aromatic carbocycles. The summed E-state index contributed by atoms with van der Waals surface area (Å²) in [5.74, 6) is 0. The summed E-state index contributed by atoms with van der Waals surface area (Å²) in [6.07, 6.45) is 2.08. The lowest BCUT2D eigenvalue weighted by atomic mass is 10.2. The Hall–Kier alpha value is -0.200. The molecule has 0 spiro atoms. The van der Waals surface area contributed by atoms with Crippen molar-refractivity contribution in [3.8, 4) is 0 Å². The number of hydrogen-bond donors (Lipinski definition) is 1. The van der Waals surface area contributed by atoms with Crippen molar-refractivity contribution < 1.29 is 14.6 Å². The number of aliphatic hydroxyl groups is 1. The summed E-state index contributed by atoms with van der Waals surface area (Å²) < 4.78 is 10.6. The first-order chi connectivity index (χ1) is 9.02. The van der Waals surface area contributed by atoms with Crippen LogP contribution < -0.4 is 0 Å². The Kier molecular flexibility index (Phi) is 7.87. The van der Waals surface area contributed by atoms with Crippen LogP contribution >= 0.6 is 0 Å². The monoisotopic (exact) mass is 274 g/mol. The number of likely N-dealkylation sites (tertiary alicyclic amines) is 1. The Balaban J connectivity index is 2.24. The van der Waals surface area contributed by atoms with Gasteiger partial charge in [0.2, 0.25) is 0 Å². The first-order valence-electron chi connectivity index (χ1n) is 7.20. The van der Waals surface area contributed by atoms with Gasteiger partial charge in [0.05, 0.1) is 25.4 Å². The fraction of sp³-hybridized carbons (Fsp3) is 1.00. The van der Waals surface area contributed by atoms with Crippen molar-refractivity contribution in [2.75, 3.05) is 54.1 Å². The van der Waals surface area contributed by atoms with Gasteiger partial charge in [0.1, 0.15) is 0 Å². The summed E-state index contributed by atoms with van der Waals surface area (Å²) >= 11 is 0. The zero-order valence-corrected chi connectivity index (χ0v) is 12.8. The summed E-state index contributed by atoms with van der Waals surface area (Å²) in [6.45, 7) is 5.77. The highest BCUT2D eigenvalue weighted by Crippen LogP contribution is 2.18. The molecular formula is C14H30N2O3. The quantitative estimate of drug-likeness (QED) is 0.660. The summed E-state index contributed by atoms with van der Waals surface area (Å²) in [7, 11) is 5.86. The predicted octanol–water partition coefficient (Wildman–Crippen LogP) is 0.425. The molecule has 5 heteroatoms. The van der Waals surface area contributed by atoms with Crippen LogP contribution in [0, 0.1) is 0 Å². The fourth-order valence-electron chi connectivity index (χ4n) is 2.65. The van der Waals surface area contributed by atoms with E-state index in [1.807, 2.05) is 6.92 Å². The van der Waals surface area contributed by atoms with Gasteiger partial charge in [-0.3, -0.25) is 4.90 Å². The second kappa shape index (κ2) is 8.87. The Morgan fingerprint density at radius 3 is 2.74 bits per heavy atom. The van der Waals surface area contributed by atoms with Gasteiger partial charge in [-0.05, 0) is 40.4 Å². The van der Waals surface area contributed by atoms with Crippen LogP contribution in [0.4, 0.5) is 0 Å². The van der Waals surface area contributed by atoms with E-state index >= 15 is 0 Å². The van der Waals surface area contributed by atoms with Crippen molar-refractivity contribution in [1.82, 2.24) is 9.80 Å². The van der Waals surface area contributed by atoms with E-state index in [9.17, 15) is 5.11 Å². The highest BCUT2D eigenvalue weighted by Gasteiger charge is 2.26. The van der Waals surface area contributed by atoms with Crippen LogP contribution in [-0.4, -0.2) is 87.2 Å². The Morgan fingerprint density at radius 2 is 2.11 bits per heavy atom.